The summed E-state index contributed by atoms with van der Waals surface area (Å²) in [7, 11) is -7.73. The first-order valence-corrected chi connectivity index (χ1v) is 16.2. The molecule has 0 fully saturated rings. The van der Waals surface area contributed by atoms with E-state index in [0.29, 0.717) is 22.0 Å². The number of carbonyl (C=O) groups is 1. The summed E-state index contributed by atoms with van der Waals surface area (Å²) in [4.78, 5) is 13.5. The molecule has 0 saturated heterocycles. The van der Waals surface area contributed by atoms with E-state index >= 15 is 0 Å². The van der Waals surface area contributed by atoms with Gasteiger partial charge in [0.05, 0.1) is 29.5 Å². The zero-order valence-electron chi connectivity index (χ0n) is 21.0. The van der Waals surface area contributed by atoms with Crippen LogP contribution in [0.5, 0.6) is 0 Å². The van der Waals surface area contributed by atoms with E-state index in [-0.39, 0.29) is 23.8 Å². The average Bonchev–Trinajstić information content (AvgIpc) is 3.58. The summed E-state index contributed by atoms with van der Waals surface area (Å²) in [6.45, 7) is 3.57. The molecule has 0 aliphatic heterocycles. The Morgan fingerprint density at radius 3 is 2.28 bits per heavy atom. The van der Waals surface area contributed by atoms with Crippen LogP contribution >= 0.6 is 30.5 Å². The first kappa shape index (κ1) is 29.2. The molecule has 3 N–H and O–H groups in total. The molecule has 0 aliphatic carbocycles. The van der Waals surface area contributed by atoms with Crippen molar-refractivity contribution in [1.82, 2.24) is 15.1 Å². The Hall–Kier alpha value is -2.83. The lowest BCUT2D eigenvalue weighted by atomic mass is 10.2. The zero-order valence-corrected chi connectivity index (χ0v) is 24.3. The van der Waals surface area contributed by atoms with Gasteiger partial charge in [-0.05, 0) is 73.3 Å². The number of thiophene rings is 1. The molecule has 206 valence electrons. The van der Waals surface area contributed by atoms with Crippen LogP contribution in [-0.4, -0.2) is 37.3 Å². The number of nitrogens with one attached hydrogen (secondary N) is 1. The summed E-state index contributed by atoms with van der Waals surface area (Å²) < 4.78 is 49.8. The van der Waals surface area contributed by atoms with Gasteiger partial charge in [0.15, 0.2) is 11.5 Å². The second-order valence-corrected chi connectivity index (χ2v) is 13.1. The second kappa shape index (κ2) is 12.1. The molecule has 0 aliphatic rings. The van der Waals surface area contributed by atoms with E-state index < -0.39 is 29.3 Å². The van der Waals surface area contributed by atoms with E-state index in [2.05, 4.69) is 10.4 Å². The fraction of sp³-hybridized carbons (Fsp3) is 0.200. The molecule has 2 aromatic carbocycles. The van der Waals surface area contributed by atoms with Crippen molar-refractivity contribution in [3.8, 4) is 16.9 Å². The summed E-state index contributed by atoms with van der Waals surface area (Å²) in [5.41, 5.74) is 2.40. The van der Waals surface area contributed by atoms with Gasteiger partial charge < -0.3 is 14.4 Å². The third kappa shape index (κ3) is 6.67. The normalized spacial score (nSPS) is 12.8. The van der Waals surface area contributed by atoms with Gasteiger partial charge in [0.1, 0.15) is 0 Å². The molecule has 0 saturated carbocycles. The molecular weight excluding hydrogens is 583 g/mol. The molecule has 10 nitrogen and oxygen atoms in total. The largest absolute Gasteiger partial charge is 0.357 e. The Labute approximate surface area is 235 Å². The number of aromatic nitrogens is 2. The van der Waals surface area contributed by atoms with E-state index in [1.807, 2.05) is 16.8 Å². The minimum absolute atomic E-state index is 0.0326. The van der Waals surface area contributed by atoms with Crippen molar-refractivity contribution in [2.24, 2.45) is 5.14 Å². The number of nitrogens with zero attached hydrogens (tertiary/aromatic N) is 2. The van der Waals surface area contributed by atoms with Gasteiger partial charge in [0.2, 0.25) is 10.0 Å². The number of halogens is 1. The van der Waals surface area contributed by atoms with Crippen molar-refractivity contribution in [3.05, 3.63) is 87.7 Å². The molecule has 2 aromatic heterocycles. The van der Waals surface area contributed by atoms with Crippen molar-refractivity contribution >= 4 is 46.5 Å². The SMILES string of the molecule is CCOP(=O)(OCC)C(NC(=O)c1cc(-c2ccsc2)n(-c2ccc(S(N)(=O)=O)cc2)n1)c1ccc(Cl)cc1. The number of hydrogen-bond donors (Lipinski definition) is 2. The number of nitrogens with two attached hydrogens (primary N) is 1. The second-order valence-electron chi connectivity index (χ2n) is 8.18. The minimum Gasteiger partial charge on any atom is -0.333 e. The molecule has 39 heavy (non-hydrogen) atoms. The molecule has 1 amide bonds. The van der Waals surface area contributed by atoms with Gasteiger partial charge in [0, 0.05) is 16.0 Å². The molecule has 4 aromatic rings. The van der Waals surface area contributed by atoms with Crippen LogP contribution in [0.2, 0.25) is 5.02 Å². The quantitative estimate of drug-likeness (QED) is 0.211. The molecule has 0 radical (unpaired) electrons. The van der Waals surface area contributed by atoms with Crippen LogP contribution in [-0.2, 0) is 23.6 Å². The summed E-state index contributed by atoms with van der Waals surface area (Å²) in [6.07, 6.45) is 0. The van der Waals surface area contributed by atoms with E-state index in [1.54, 1.807) is 56.3 Å². The Bertz CT molecular complexity index is 1580. The standard InChI is InChI=1S/C25H26ClN4O6PS2/c1-3-35-37(32,36-4-2)25(17-5-7-19(26)8-6-17)28-24(31)22-15-23(18-13-14-38-16-18)30(29-22)20-9-11-21(12-10-20)39(27,33)34/h5-16,25H,3-4H2,1-2H3,(H,28,31)(H2,27,33,34). The van der Waals surface area contributed by atoms with Gasteiger partial charge in [-0.15, -0.1) is 0 Å². The predicted octanol–water partition coefficient (Wildman–Crippen LogP) is 5.60. The van der Waals surface area contributed by atoms with Gasteiger partial charge in [-0.1, -0.05) is 23.7 Å². The molecule has 0 bridgehead atoms. The molecule has 14 heteroatoms. The topological polar surface area (TPSA) is 143 Å². The van der Waals surface area contributed by atoms with Crippen molar-refractivity contribution in [2.45, 2.75) is 24.5 Å². The van der Waals surface area contributed by atoms with Crippen LogP contribution in [0.4, 0.5) is 0 Å². The third-order valence-corrected chi connectivity index (χ3v) is 9.72. The number of sulfonamides is 1. The maximum absolute atomic E-state index is 13.8. The average molecular weight is 609 g/mol. The minimum atomic E-state index is -3.88. The molecule has 0 spiro atoms. The van der Waals surface area contributed by atoms with E-state index in [4.69, 9.17) is 25.8 Å². The van der Waals surface area contributed by atoms with E-state index in [1.165, 1.54) is 28.2 Å². The van der Waals surface area contributed by atoms with Crippen molar-refractivity contribution in [1.29, 1.82) is 0 Å². The number of amides is 1. The molecular formula is C25H26ClN4O6PS2. The maximum Gasteiger partial charge on any atom is 0.357 e. The van der Waals surface area contributed by atoms with Crippen molar-refractivity contribution in [3.63, 3.8) is 0 Å². The van der Waals surface area contributed by atoms with Crippen molar-refractivity contribution < 1.29 is 26.8 Å². The molecule has 1 unspecified atom stereocenters. The lowest BCUT2D eigenvalue weighted by molar-refractivity contribution is 0.0931. The van der Waals surface area contributed by atoms with Gasteiger partial charge in [0.25, 0.3) is 5.91 Å². The van der Waals surface area contributed by atoms with Crippen molar-refractivity contribution in [2.75, 3.05) is 13.2 Å². The fourth-order valence-electron chi connectivity index (χ4n) is 3.82. The first-order valence-electron chi connectivity index (χ1n) is 11.8. The smallest absolute Gasteiger partial charge is 0.333 e. The van der Waals surface area contributed by atoms with Gasteiger partial charge in [-0.3, -0.25) is 9.36 Å². The Morgan fingerprint density at radius 2 is 1.74 bits per heavy atom. The van der Waals surface area contributed by atoms with Gasteiger partial charge in [-0.2, -0.15) is 16.4 Å². The van der Waals surface area contributed by atoms with Crippen LogP contribution < -0.4 is 10.5 Å². The van der Waals surface area contributed by atoms with Crippen LogP contribution in [0, 0.1) is 0 Å². The maximum atomic E-state index is 13.8. The van der Waals surface area contributed by atoms with Gasteiger partial charge >= 0.3 is 7.60 Å². The number of rotatable bonds is 11. The molecule has 1 atom stereocenters. The van der Waals surface area contributed by atoms with Crippen LogP contribution in [0.3, 0.4) is 0 Å². The highest BCUT2D eigenvalue weighted by Gasteiger charge is 2.39. The number of carbonyl (C=O) groups excluding carboxylic acids is 1. The number of primary sulfonamides is 1. The number of hydrogen-bond acceptors (Lipinski definition) is 8. The Kier molecular flexibility index (Phi) is 9.07. The molecule has 2 heterocycles. The first-order chi connectivity index (χ1) is 18.6. The fourth-order valence-corrected chi connectivity index (χ4v) is 7.01. The zero-order chi connectivity index (χ0) is 28.2. The monoisotopic (exact) mass is 608 g/mol. The van der Waals surface area contributed by atoms with Crippen LogP contribution in [0.1, 0.15) is 35.7 Å². The third-order valence-electron chi connectivity index (χ3n) is 5.56. The molecule has 4 rings (SSSR count). The summed E-state index contributed by atoms with van der Waals surface area (Å²) in [5.74, 6) is -1.75. The highest BCUT2D eigenvalue weighted by molar-refractivity contribution is 7.89. The Morgan fingerprint density at radius 1 is 1.10 bits per heavy atom. The summed E-state index contributed by atoms with van der Waals surface area (Å²) in [5, 5.41) is 16.8. The summed E-state index contributed by atoms with van der Waals surface area (Å²) in [6, 6.07) is 15.8. The highest BCUT2D eigenvalue weighted by Crippen LogP contribution is 2.59. The lowest BCUT2D eigenvalue weighted by Gasteiger charge is -2.27. The number of benzene rings is 2. The predicted molar refractivity (Wildman–Crippen MR) is 151 cm³/mol. The van der Waals surface area contributed by atoms with Crippen LogP contribution in [0.15, 0.2) is 76.3 Å². The van der Waals surface area contributed by atoms with Crippen LogP contribution in [0.25, 0.3) is 16.9 Å². The summed E-state index contributed by atoms with van der Waals surface area (Å²) >= 11 is 7.51. The van der Waals surface area contributed by atoms with E-state index in [0.717, 1.165) is 5.56 Å². The Balaban J connectivity index is 1.75. The lowest BCUT2D eigenvalue weighted by Crippen LogP contribution is -2.30. The van der Waals surface area contributed by atoms with E-state index in [9.17, 15) is 17.8 Å². The van der Waals surface area contributed by atoms with Gasteiger partial charge in [-0.25, -0.2) is 18.2 Å². The highest BCUT2D eigenvalue weighted by atomic mass is 35.5.